The molecule has 0 aliphatic carbocycles. The summed E-state index contributed by atoms with van der Waals surface area (Å²) in [7, 11) is 1.69. The SMILES string of the molecule is CN(CC(=O)Nc1ccc([N+](=O)[O-])cc1Cl)C1CCN(c2ccccc2Cl)C1=O. The molecule has 2 amide bonds. The van der Waals surface area contributed by atoms with E-state index in [9.17, 15) is 19.7 Å². The summed E-state index contributed by atoms with van der Waals surface area (Å²) in [6.07, 6.45) is 0.562. The minimum absolute atomic E-state index is 0.0416. The first-order chi connectivity index (χ1) is 13.8. The lowest BCUT2D eigenvalue weighted by molar-refractivity contribution is -0.384. The highest BCUT2D eigenvalue weighted by molar-refractivity contribution is 6.34. The summed E-state index contributed by atoms with van der Waals surface area (Å²) in [4.78, 5) is 38.7. The van der Waals surface area contributed by atoms with Crippen molar-refractivity contribution in [2.24, 2.45) is 0 Å². The lowest BCUT2D eigenvalue weighted by atomic mass is 10.2. The van der Waals surface area contributed by atoms with Crippen molar-refractivity contribution in [2.75, 3.05) is 30.4 Å². The van der Waals surface area contributed by atoms with Crippen LogP contribution in [0.3, 0.4) is 0 Å². The van der Waals surface area contributed by atoms with Gasteiger partial charge in [0.25, 0.3) is 5.69 Å². The van der Waals surface area contributed by atoms with Crippen molar-refractivity contribution in [3.8, 4) is 0 Å². The van der Waals surface area contributed by atoms with Gasteiger partial charge in [-0.2, -0.15) is 0 Å². The fourth-order valence-electron chi connectivity index (χ4n) is 3.23. The van der Waals surface area contributed by atoms with Gasteiger partial charge >= 0.3 is 0 Å². The number of non-ortho nitro benzene ring substituents is 1. The predicted octanol–water partition coefficient (Wildman–Crippen LogP) is 3.58. The molecular formula is C19H18Cl2N4O4. The van der Waals surface area contributed by atoms with E-state index in [1.54, 1.807) is 35.0 Å². The topological polar surface area (TPSA) is 95.8 Å². The van der Waals surface area contributed by atoms with E-state index < -0.39 is 11.0 Å². The molecule has 0 spiro atoms. The van der Waals surface area contributed by atoms with Crippen LogP contribution in [0.25, 0.3) is 0 Å². The molecule has 0 saturated carbocycles. The van der Waals surface area contributed by atoms with Gasteiger partial charge in [0.05, 0.1) is 38.9 Å². The molecule has 0 bridgehead atoms. The molecule has 3 rings (SSSR count). The summed E-state index contributed by atoms with van der Waals surface area (Å²) >= 11 is 12.2. The minimum Gasteiger partial charge on any atom is -0.324 e. The van der Waals surface area contributed by atoms with E-state index >= 15 is 0 Å². The lowest BCUT2D eigenvalue weighted by Gasteiger charge is -2.23. The molecule has 1 saturated heterocycles. The van der Waals surface area contributed by atoms with Crippen LogP contribution >= 0.6 is 23.2 Å². The third-order valence-corrected chi connectivity index (χ3v) is 5.32. The number of hydrogen-bond donors (Lipinski definition) is 1. The van der Waals surface area contributed by atoms with Crippen LogP contribution in [0.15, 0.2) is 42.5 Å². The highest BCUT2D eigenvalue weighted by Gasteiger charge is 2.36. The number of likely N-dealkylation sites (N-methyl/N-ethyl adjacent to an activating group) is 1. The smallest absolute Gasteiger partial charge is 0.271 e. The summed E-state index contributed by atoms with van der Waals surface area (Å²) in [5.41, 5.74) is 0.754. The molecule has 1 heterocycles. The molecule has 1 unspecified atom stereocenters. The molecule has 8 nitrogen and oxygen atoms in total. The molecule has 29 heavy (non-hydrogen) atoms. The maximum atomic E-state index is 12.8. The summed E-state index contributed by atoms with van der Waals surface area (Å²) in [6, 6.07) is 10.5. The number of halogens is 2. The molecule has 0 aromatic heterocycles. The molecule has 1 aliphatic heterocycles. The maximum Gasteiger partial charge on any atom is 0.271 e. The van der Waals surface area contributed by atoms with E-state index in [4.69, 9.17) is 23.2 Å². The number of benzene rings is 2. The molecule has 1 N–H and O–H groups in total. The van der Waals surface area contributed by atoms with Gasteiger partial charge in [0, 0.05) is 18.7 Å². The molecule has 1 atom stereocenters. The first-order valence-corrected chi connectivity index (χ1v) is 9.53. The number of anilines is 2. The summed E-state index contributed by atoms with van der Waals surface area (Å²) in [5.74, 6) is -0.506. The Labute approximate surface area is 177 Å². The lowest BCUT2D eigenvalue weighted by Crippen LogP contribution is -2.43. The van der Waals surface area contributed by atoms with Crippen LogP contribution in [0.5, 0.6) is 0 Å². The van der Waals surface area contributed by atoms with Crippen molar-refractivity contribution in [1.82, 2.24) is 4.90 Å². The van der Waals surface area contributed by atoms with Crippen molar-refractivity contribution in [2.45, 2.75) is 12.5 Å². The van der Waals surface area contributed by atoms with Gasteiger partial charge in [-0.25, -0.2) is 0 Å². The van der Waals surface area contributed by atoms with Crippen LogP contribution in [0.1, 0.15) is 6.42 Å². The molecule has 2 aromatic carbocycles. The van der Waals surface area contributed by atoms with Gasteiger partial charge in [0.15, 0.2) is 0 Å². The Morgan fingerprint density at radius 1 is 1.28 bits per heavy atom. The van der Waals surface area contributed by atoms with Crippen LogP contribution in [-0.4, -0.2) is 47.8 Å². The number of carbonyl (C=O) groups excluding carboxylic acids is 2. The minimum atomic E-state index is -0.568. The highest BCUT2D eigenvalue weighted by Crippen LogP contribution is 2.30. The number of rotatable bonds is 6. The number of nitrogens with zero attached hydrogens (tertiary/aromatic N) is 3. The average Bonchev–Trinajstić information content (AvgIpc) is 3.05. The van der Waals surface area contributed by atoms with E-state index in [1.807, 2.05) is 6.07 Å². The Morgan fingerprint density at radius 3 is 2.66 bits per heavy atom. The van der Waals surface area contributed by atoms with Crippen LogP contribution in [0.4, 0.5) is 17.1 Å². The number of hydrogen-bond acceptors (Lipinski definition) is 5. The monoisotopic (exact) mass is 436 g/mol. The van der Waals surface area contributed by atoms with Gasteiger partial charge in [0.2, 0.25) is 11.8 Å². The number of nitro benzene ring substituents is 1. The molecule has 1 fully saturated rings. The second-order valence-electron chi connectivity index (χ2n) is 6.63. The van der Waals surface area contributed by atoms with Crippen LogP contribution < -0.4 is 10.2 Å². The summed E-state index contributed by atoms with van der Waals surface area (Å²) in [5, 5.41) is 13.9. The molecule has 152 valence electrons. The van der Waals surface area contributed by atoms with Crippen LogP contribution in [0.2, 0.25) is 10.0 Å². The first kappa shape index (κ1) is 21.0. The Morgan fingerprint density at radius 2 is 2.00 bits per heavy atom. The molecular weight excluding hydrogens is 419 g/mol. The van der Waals surface area contributed by atoms with Crippen molar-refractivity contribution < 1.29 is 14.5 Å². The Bertz CT molecular complexity index is 969. The number of amides is 2. The summed E-state index contributed by atoms with van der Waals surface area (Å²) in [6.45, 7) is 0.466. The standard InChI is InChI=1S/C19H18Cl2N4O4/c1-23(11-18(26)22-15-7-6-12(25(28)29)10-14(15)21)17-8-9-24(19(17)27)16-5-3-2-4-13(16)20/h2-7,10,17H,8-9,11H2,1H3,(H,22,26). The zero-order valence-electron chi connectivity index (χ0n) is 15.5. The third-order valence-electron chi connectivity index (χ3n) is 4.68. The third kappa shape index (κ3) is 4.67. The molecule has 0 radical (unpaired) electrons. The zero-order chi connectivity index (χ0) is 21.1. The van der Waals surface area contributed by atoms with Crippen molar-refractivity contribution in [3.05, 3.63) is 62.6 Å². The van der Waals surface area contributed by atoms with E-state index in [1.165, 1.54) is 18.2 Å². The van der Waals surface area contributed by atoms with Gasteiger partial charge in [0.1, 0.15) is 0 Å². The molecule has 10 heteroatoms. The number of nitro groups is 1. The van der Waals surface area contributed by atoms with E-state index in [0.717, 1.165) is 0 Å². The quantitative estimate of drug-likeness (QED) is 0.551. The largest absolute Gasteiger partial charge is 0.324 e. The van der Waals surface area contributed by atoms with Gasteiger partial charge in [-0.05, 0) is 31.7 Å². The molecule has 1 aliphatic rings. The number of nitrogens with one attached hydrogen (secondary N) is 1. The van der Waals surface area contributed by atoms with Crippen molar-refractivity contribution in [3.63, 3.8) is 0 Å². The van der Waals surface area contributed by atoms with Crippen molar-refractivity contribution >= 4 is 52.1 Å². The maximum absolute atomic E-state index is 12.8. The van der Waals surface area contributed by atoms with Gasteiger partial charge in [-0.3, -0.25) is 24.6 Å². The van der Waals surface area contributed by atoms with E-state index in [0.29, 0.717) is 23.7 Å². The van der Waals surface area contributed by atoms with Crippen molar-refractivity contribution in [1.29, 1.82) is 0 Å². The van der Waals surface area contributed by atoms with Crippen LogP contribution in [0, 0.1) is 10.1 Å². The average molecular weight is 437 g/mol. The fraction of sp³-hybridized carbons (Fsp3) is 0.263. The Balaban J connectivity index is 1.62. The van der Waals surface area contributed by atoms with Gasteiger partial charge in [-0.1, -0.05) is 35.3 Å². The van der Waals surface area contributed by atoms with Gasteiger partial charge < -0.3 is 10.2 Å². The predicted molar refractivity (Wildman–Crippen MR) is 112 cm³/mol. The van der Waals surface area contributed by atoms with Crippen LogP contribution in [-0.2, 0) is 9.59 Å². The van der Waals surface area contributed by atoms with E-state index in [2.05, 4.69) is 5.32 Å². The Hall–Kier alpha value is -2.68. The van der Waals surface area contributed by atoms with E-state index in [-0.39, 0.29) is 34.8 Å². The Kier molecular flexibility index (Phi) is 6.36. The highest BCUT2D eigenvalue weighted by atomic mass is 35.5. The molecule has 2 aromatic rings. The zero-order valence-corrected chi connectivity index (χ0v) is 17.0. The second-order valence-corrected chi connectivity index (χ2v) is 7.44. The first-order valence-electron chi connectivity index (χ1n) is 8.78. The number of carbonyl (C=O) groups is 2. The normalized spacial score (nSPS) is 16.3. The summed E-state index contributed by atoms with van der Waals surface area (Å²) < 4.78 is 0. The number of para-hydroxylation sites is 1. The second kappa shape index (κ2) is 8.77. The van der Waals surface area contributed by atoms with Gasteiger partial charge in [-0.15, -0.1) is 0 Å². The fourth-order valence-corrected chi connectivity index (χ4v) is 3.69.